The van der Waals surface area contributed by atoms with E-state index in [0.29, 0.717) is 11.3 Å². The molecule has 0 saturated carbocycles. The Hall–Kier alpha value is -4.00. The first-order chi connectivity index (χ1) is 14.5. The molecule has 3 N–H and O–H groups in total. The largest absolute Gasteiger partial charge is 0.504 e. The average molecular weight is 404 g/mol. The number of H-pyrrole nitrogens is 1. The van der Waals surface area contributed by atoms with Crippen LogP contribution in [0.15, 0.2) is 60.8 Å². The van der Waals surface area contributed by atoms with Crippen LogP contribution in [0, 0.1) is 6.92 Å². The van der Waals surface area contributed by atoms with E-state index in [9.17, 15) is 9.90 Å². The predicted molar refractivity (Wildman–Crippen MR) is 113 cm³/mol. The van der Waals surface area contributed by atoms with Gasteiger partial charge in [-0.15, -0.1) is 0 Å². The van der Waals surface area contributed by atoms with Gasteiger partial charge in [0.2, 0.25) is 5.65 Å². The average Bonchev–Trinajstić information content (AvgIpc) is 3.11. The van der Waals surface area contributed by atoms with E-state index >= 15 is 0 Å². The fourth-order valence-electron chi connectivity index (χ4n) is 3.34. The van der Waals surface area contributed by atoms with Crippen LogP contribution >= 0.6 is 0 Å². The van der Waals surface area contributed by atoms with E-state index in [-0.39, 0.29) is 5.75 Å². The highest BCUT2D eigenvalue weighted by Crippen LogP contribution is 2.34. The van der Waals surface area contributed by atoms with E-state index < -0.39 is 5.97 Å². The lowest BCUT2D eigenvalue weighted by molar-refractivity contribution is -0.494. The van der Waals surface area contributed by atoms with E-state index in [0.717, 1.165) is 34.0 Å². The summed E-state index contributed by atoms with van der Waals surface area (Å²) in [4.78, 5) is 15.3. The number of ether oxygens (including phenoxy) is 2. The molecule has 0 amide bonds. The minimum absolute atomic E-state index is 0.0705. The minimum atomic E-state index is -0.399. The minimum Gasteiger partial charge on any atom is -0.504 e. The zero-order valence-electron chi connectivity index (χ0n) is 16.9. The summed E-state index contributed by atoms with van der Waals surface area (Å²) in [6, 6.07) is 16.3. The number of aryl methyl sites for hydroxylation is 1. The fraction of sp³-hybridized carbons (Fsp3) is 0.130. The molecular formula is C23H22N3O4+. The Balaban J connectivity index is 1.87. The van der Waals surface area contributed by atoms with Crippen molar-refractivity contribution >= 4 is 23.1 Å². The summed E-state index contributed by atoms with van der Waals surface area (Å²) >= 11 is 0. The molecule has 0 bridgehead atoms. The van der Waals surface area contributed by atoms with Gasteiger partial charge in [0.15, 0.2) is 17.2 Å². The molecule has 0 fully saturated rings. The number of rotatable bonds is 5. The lowest BCUT2D eigenvalue weighted by Crippen LogP contribution is -2.23. The molecule has 0 radical (unpaired) electrons. The number of nitrogens with one attached hydrogen (secondary N) is 2. The van der Waals surface area contributed by atoms with Crippen molar-refractivity contribution in [3.05, 3.63) is 71.9 Å². The number of aromatic nitrogens is 2. The molecule has 2 aromatic carbocycles. The standard InChI is InChI=1S/C23H21N3O4/c1-14-7-10-20-25-21(15-8-9-18(27)19(12-15)29-2)22(26(20)13-14)24-17-6-4-5-16(11-17)23(28)30-3/h4-13,24,27H,1-3H3/p+1. The maximum Gasteiger partial charge on any atom is 0.337 e. The first-order valence-corrected chi connectivity index (χ1v) is 9.37. The highest BCUT2D eigenvalue weighted by molar-refractivity contribution is 5.90. The fourth-order valence-corrected chi connectivity index (χ4v) is 3.34. The van der Waals surface area contributed by atoms with E-state index in [1.54, 1.807) is 30.3 Å². The molecule has 0 aliphatic carbocycles. The van der Waals surface area contributed by atoms with E-state index in [1.165, 1.54) is 14.2 Å². The van der Waals surface area contributed by atoms with Gasteiger partial charge in [-0.2, -0.15) is 0 Å². The Morgan fingerprint density at radius 2 is 1.93 bits per heavy atom. The summed E-state index contributed by atoms with van der Waals surface area (Å²) in [5.41, 5.74) is 4.80. The number of hydrogen-bond donors (Lipinski definition) is 3. The molecule has 0 aliphatic heterocycles. The third-order valence-electron chi connectivity index (χ3n) is 4.84. The second-order valence-corrected chi connectivity index (χ2v) is 6.89. The Kier molecular flexibility index (Phi) is 5.02. The lowest BCUT2D eigenvalue weighted by atomic mass is 10.1. The molecule has 2 aromatic heterocycles. The number of benzene rings is 2. The second-order valence-electron chi connectivity index (χ2n) is 6.89. The molecule has 2 heterocycles. The summed E-state index contributed by atoms with van der Waals surface area (Å²) in [6.07, 6.45) is 2.01. The topological polar surface area (TPSA) is 87.7 Å². The highest BCUT2D eigenvalue weighted by atomic mass is 16.5. The van der Waals surface area contributed by atoms with Crippen molar-refractivity contribution in [1.82, 2.24) is 4.98 Å². The van der Waals surface area contributed by atoms with Crippen LogP contribution in [0.1, 0.15) is 15.9 Å². The molecule has 0 aliphatic rings. The van der Waals surface area contributed by atoms with Gasteiger partial charge >= 0.3 is 5.97 Å². The number of aromatic amines is 1. The number of aromatic hydroxyl groups is 1. The molecule has 30 heavy (non-hydrogen) atoms. The number of fused-ring (bicyclic) bond motifs is 1. The summed E-state index contributed by atoms with van der Waals surface area (Å²) in [5.74, 6) is 0.833. The van der Waals surface area contributed by atoms with Gasteiger partial charge < -0.3 is 14.6 Å². The molecule has 0 saturated heterocycles. The first-order valence-electron chi connectivity index (χ1n) is 9.37. The quantitative estimate of drug-likeness (QED) is 0.346. The van der Waals surface area contributed by atoms with Crippen LogP contribution in [0.5, 0.6) is 11.5 Å². The zero-order chi connectivity index (χ0) is 21.3. The Bertz CT molecular complexity index is 1250. The number of pyridine rings is 1. The van der Waals surface area contributed by atoms with Crippen molar-refractivity contribution in [2.45, 2.75) is 6.92 Å². The number of imidazole rings is 1. The summed E-state index contributed by atoms with van der Waals surface area (Å²) in [7, 11) is 2.87. The summed E-state index contributed by atoms with van der Waals surface area (Å²) < 4.78 is 12.1. The van der Waals surface area contributed by atoms with Crippen molar-refractivity contribution in [2.75, 3.05) is 19.5 Å². The van der Waals surface area contributed by atoms with Crippen LogP contribution in [-0.4, -0.2) is 30.3 Å². The molecular weight excluding hydrogens is 382 g/mol. The first kappa shape index (κ1) is 19.3. The number of phenolic OH excluding ortho intramolecular Hbond substituents is 1. The molecule has 7 nitrogen and oxygen atoms in total. The SMILES string of the molecule is COC(=O)c1cccc(Nc2c(-c3ccc(O)c(OC)c3)[nH]c3ccc(C)c[n+]23)c1. The van der Waals surface area contributed by atoms with E-state index in [4.69, 9.17) is 9.47 Å². The van der Waals surface area contributed by atoms with Crippen LogP contribution in [-0.2, 0) is 4.74 Å². The number of phenols is 1. The van der Waals surface area contributed by atoms with E-state index in [1.807, 2.05) is 41.8 Å². The number of methoxy groups -OCH3 is 2. The number of nitrogens with zero attached hydrogens (tertiary/aromatic N) is 1. The van der Waals surface area contributed by atoms with Crippen LogP contribution in [0.4, 0.5) is 11.5 Å². The van der Waals surface area contributed by atoms with E-state index in [2.05, 4.69) is 10.3 Å². The third kappa shape index (κ3) is 3.53. The van der Waals surface area contributed by atoms with Crippen LogP contribution < -0.4 is 14.5 Å². The molecule has 7 heteroatoms. The highest BCUT2D eigenvalue weighted by Gasteiger charge is 2.22. The maximum atomic E-state index is 11.9. The van der Waals surface area contributed by atoms with Gasteiger partial charge in [-0.1, -0.05) is 6.07 Å². The molecule has 0 spiro atoms. The predicted octanol–water partition coefficient (Wildman–Crippen LogP) is 3.97. The van der Waals surface area contributed by atoms with Gasteiger partial charge in [0.25, 0.3) is 5.82 Å². The molecule has 0 atom stereocenters. The molecule has 0 unspecified atom stereocenters. The monoisotopic (exact) mass is 404 g/mol. The second kappa shape index (κ2) is 7.79. The van der Waals surface area contributed by atoms with Crippen LogP contribution in [0.25, 0.3) is 16.9 Å². The van der Waals surface area contributed by atoms with Crippen LogP contribution in [0.3, 0.4) is 0 Å². The summed E-state index contributed by atoms with van der Waals surface area (Å²) in [5, 5.41) is 13.4. The van der Waals surface area contributed by atoms with Gasteiger partial charge in [-0.25, -0.2) is 9.20 Å². The third-order valence-corrected chi connectivity index (χ3v) is 4.84. The van der Waals surface area contributed by atoms with Crippen molar-refractivity contribution in [1.29, 1.82) is 0 Å². The normalized spacial score (nSPS) is 10.8. The van der Waals surface area contributed by atoms with Crippen LogP contribution in [0.2, 0.25) is 0 Å². The number of carbonyl (C=O) groups excluding carboxylic acids is 1. The number of esters is 1. The van der Waals surface area contributed by atoms with Gasteiger partial charge in [0.1, 0.15) is 0 Å². The van der Waals surface area contributed by atoms with Crippen molar-refractivity contribution in [3.63, 3.8) is 0 Å². The maximum absolute atomic E-state index is 11.9. The van der Waals surface area contributed by atoms with Crippen molar-refractivity contribution in [3.8, 4) is 22.8 Å². The van der Waals surface area contributed by atoms with Gasteiger partial charge in [-0.05, 0) is 55.0 Å². The smallest absolute Gasteiger partial charge is 0.337 e. The molecule has 4 aromatic rings. The van der Waals surface area contributed by atoms with Gasteiger partial charge in [-0.3, -0.25) is 10.3 Å². The molecule has 152 valence electrons. The zero-order valence-corrected chi connectivity index (χ0v) is 16.9. The number of hydrogen-bond acceptors (Lipinski definition) is 5. The number of anilines is 2. The Labute approximate surface area is 173 Å². The molecule has 4 rings (SSSR count). The van der Waals surface area contributed by atoms with Crippen molar-refractivity contribution in [2.24, 2.45) is 0 Å². The summed E-state index contributed by atoms with van der Waals surface area (Å²) in [6.45, 7) is 2.02. The Morgan fingerprint density at radius 1 is 1.10 bits per heavy atom. The van der Waals surface area contributed by atoms with Gasteiger partial charge in [0.05, 0.1) is 31.7 Å². The van der Waals surface area contributed by atoms with Crippen molar-refractivity contribution < 1.29 is 23.8 Å². The number of carbonyl (C=O) groups is 1. The Morgan fingerprint density at radius 3 is 2.70 bits per heavy atom. The van der Waals surface area contributed by atoms with Gasteiger partial charge in [0, 0.05) is 11.6 Å². The lowest BCUT2D eigenvalue weighted by Gasteiger charge is -2.07.